The van der Waals surface area contributed by atoms with E-state index < -0.39 is 11.2 Å². The third-order valence-corrected chi connectivity index (χ3v) is 6.35. The molecule has 1 aliphatic rings. The van der Waals surface area contributed by atoms with Crippen molar-refractivity contribution in [2.24, 2.45) is 11.8 Å². The van der Waals surface area contributed by atoms with Gasteiger partial charge in [-0.2, -0.15) is 13.2 Å². The van der Waals surface area contributed by atoms with Crippen LogP contribution in [0.4, 0.5) is 13.2 Å². The van der Waals surface area contributed by atoms with Gasteiger partial charge < -0.3 is 5.32 Å². The number of hydrogen-bond acceptors (Lipinski definition) is 3. The van der Waals surface area contributed by atoms with Gasteiger partial charge in [0.05, 0.1) is 0 Å². The number of halogens is 3. The lowest BCUT2D eigenvalue weighted by Gasteiger charge is -2.30. The normalized spacial score (nSPS) is 19.1. The summed E-state index contributed by atoms with van der Waals surface area (Å²) >= 11 is 0.738. The first-order chi connectivity index (χ1) is 12.4. The molecule has 6 heteroatoms. The van der Waals surface area contributed by atoms with Crippen LogP contribution in [0, 0.1) is 11.8 Å². The van der Waals surface area contributed by atoms with Crippen LogP contribution >= 0.6 is 11.3 Å². The third kappa shape index (κ3) is 7.03. The summed E-state index contributed by atoms with van der Waals surface area (Å²) in [5.41, 5.74) is 0. The second-order valence-electron chi connectivity index (χ2n) is 7.41. The van der Waals surface area contributed by atoms with Crippen LogP contribution in [0.25, 0.3) is 0 Å². The largest absolute Gasteiger partial charge is 0.443 e. The van der Waals surface area contributed by atoms with E-state index in [0.717, 1.165) is 30.1 Å². The molecule has 0 aromatic carbocycles. The van der Waals surface area contributed by atoms with Crippen LogP contribution in [0.5, 0.6) is 0 Å². The molecule has 1 aromatic rings. The Hall–Kier alpha value is -0.880. The van der Waals surface area contributed by atoms with E-state index in [-0.39, 0.29) is 6.04 Å². The molecule has 2 nitrogen and oxygen atoms in total. The van der Waals surface area contributed by atoms with Crippen molar-refractivity contribution in [2.45, 2.75) is 84.0 Å². The lowest BCUT2D eigenvalue weighted by Crippen LogP contribution is -2.34. The van der Waals surface area contributed by atoms with Gasteiger partial charge in [0, 0.05) is 23.7 Å². The number of alkyl halides is 3. The van der Waals surface area contributed by atoms with Gasteiger partial charge in [-0.3, -0.25) is 0 Å². The summed E-state index contributed by atoms with van der Waals surface area (Å²) in [5.74, 6) is 1.32. The number of thiazole rings is 1. The average Bonchev–Trinajstić information content (AvgIpc) is 3.09. The summed E-state index contributed by atoms with van der Waals surface area (Å²) in [6.45, 7) is 4.75. The molecule has 0 bridgehead atoms. The van der Waals surface area contributed by atoms with Crippen LogP contribution in [0.3, 0.4) is 0 Å². The zero-order chi connectivity index (χ0) is 19.0. The van der Waals surface area contributed by atoms with Gasteiger partial charge in [0.25, 0.3) is 0 Å². The summed E-state index contributed by atoms with van der Waals surface area (Å²) in [6.07, 6.45) is 11.4. The molecule has 1 aliphatic carbocycles. The van der Waals surface area contributed by atoms with Crippen LogP contribution in [0.2, 0.25) is 0 Å². The number of aromatic nitrogens is 1. The van der Waals surface area contributed by atoms with Gasteiger partial charge in [0.2, 0.25) is 0 Å². The SMILES string of the molecule is CC/C=C\CC(CC1CCCCC1)[C@H](C)NCc1cnc(C(F)(F)F)s1. The molecule has 1 N–H and O–H groups in total. The molecule has 1 saturated carbocycles. The van der Waals surface area contributed by atoms with Crippen LogP contribution in [-0.4, -0.2) is 11.0 Å². The fraction of sp³-hybridized carbons (Fsp3) is 0.750. The highest BCUT2D eigenvalue weighted by atomic mass is 32.1. The Bertz CT molecular complexity index is 547. The summed E-state index contributed by atoms with van der Waals surface area (Å²) in [4.78, 5) is 4.15. The van der Waals surface area contributed by atoms with E-state index in [2.05, 4.69) is 36.3 Å². The Labute approximate surface area is 159 Å². The van der Waals surface area contributed by atoms with Crippen molar-refractivity contribution in [3.8, 4) is 0 Å². The third-order valence-electron chi connectivity index (χ3n) is 5.30. The monoisotopic (exact) mass is 388 g/mol. The molecule has 1 fully saturated rings. The molecule has 1 aromatic heterocycles. The molecule has 2 atom stereocenters. The fourth-order valence-corrected chi connectivity index (χ4v) is 4.47. The molecule has 1 heterocycles. The van der Waals surface area contributed by atoms with E-state index in [1.165, 1.54) is 44.7 Å². The van der Waals surface area contributed by atoms with Crippen molar-refractivity contribution in [1.29, 1.82) is 0 Å². The predicted octanol–water partition coefficient (Wildman–Crippen LogP) is 6.58. The van der Waals surface area contributed by atoms with E-state index in [9.17, 15) is 13.2 Å². The van der Waals surface area contributed by atoms with Gasteiger partial charge in [-0.25, -0.2) is 4.98 Å². The first kappa shape index (κ1) is 21.4. The van der Waals surface area contributed by atoms with Crippen molar-refractivity contribution < 1.29 is 13.2 Å². The molecule has 0 amide bonds. The second-order valence-corrected chi connectivity index (χ2v) is 8.53. The highest BCUT2D eigenvalue weighted by Crippen LogP contribution is 2.33. The van der Waals surface area contributed by atoms with Gasteiger partial charge in [-0.05, 0) is 38.0 Å². The maximum atomic E-state index is 12.7. The van der Waals surface area contributed by atoms with Gasteiger partial charge >= 0.3 is 6.18 Å². The minimum absolute atomic E-state index is 0.273. The maximum absolute atomic E-state index is 12.7. The summed E-state index contributed by atoms with van der Waals surface area (Å²) in [6, 6.07) is 0.273. The van der Waals surface area contributed by atoms with E-state index in [1.54, 1.807) is 0 Å². The minimum atomic E-state index is -4.34. The number of allylic oxidation sites excluding steroid dienone is 2. The second kappa shape index (κ2) is 10.5. The predicted molar refractivity (Wildman–Crippen MR) is 102 cm³/mol. The first-order valence-electron chi connectivity index (χ1n) is 9.80. The average molecular weight is 389 g/mol. The number of rotatable bonds is 9. The highest BCUT2D eigenvalue weighted by Gasteiger charge is 2.34. The molecule has 26 heavy (non-hydrogen) atoms. The van der Waals surface area contributed by atoms with Crippen LogP contribution in [0.15, 0.2) is 18.3 Å². The van der Waals surface area contributed by atoms with Gasteiger partial charge in [-0.15, -0.1) is 11.3 Å². The molecule has 0 aliphatic heterocycles. The van der Waals surface area contributed by atoms with Crippen molar-refractivity contribution in [1.82, 2.24) is 10.3 Å². The topological polar surface area (TPSA) is 24.9 Å². The van der Waals surface area contributed by atoms with Crippen LogP contribution in [0.1, 0.15) is 75.1 Å². The Kier molecular flexibility index (Phi) is 8.61. The fourth-order valence-electron chi connectivity index (χ4n) is 3.74. The maximum Gasteiger partial charge on any atom is 0.443 e. The Morgan fingerprint density at radius 2 is 2.00 bits per heavy atom. The molecule has 2 rings (SSSR count). The zero-order valence-corrected chi connectivity index (χ0v) is 16.6. The van der Waals surface area contributed by atoms with Crippen LogP contribution < -0.4 is 5.32 Å². The van der Waals surface area contributed by atoms with Gasteiger partial charge in [0.15, 0.2) is 5.01 Å². The van der Waals surface area contributed by atoms with Gasteiger partial charge in [0.1, 0.15) is 0 Å². The summed E-state index contributed by atoms with van der Waals surface area (Å²) in [5, 5.41) is 2.69. The molecular weight excluding hydrogens is 357 g/mol. The van der Waals surface area contributed by atoms with Crippen LogP contribution in [-0.2, 0) is 12.7 Å². The molecule has 148 valence electrons. The van der Waals surface area contributed by atoms with Crippen molar-refractivity contribution >= 4 is 11.3 Å². The smallest absolute Gasteiger partial charge is 0.309 e. The zero-order valence-electron chi connectivity index (χ0n) is 15.8. The first-order valence-corrected chi connectivity index (χ1v) is 10.6. The Morgan fingerprint density at radius 3 is 2.62 bits per heavy atom. The number of nitrogens with one attached hydrogen (secondary N) is 1. The van der Waals surface area contributed by atoms with Crippen molar-refractivity contribution in [3.63, 3.8) is 0 Å². The van der Waals surface area contributed by atoms with E-state index in [0.29, 0.717) is 17.3 Å². The van der Waals surface area contributed by atoms with E-state index >= 15 is 0 Å². The molecule has 0 radical (unpaired) electrons. The van der Waals surface area contributed by atoms with Crippen molar-refractivity contribution in [2.75, 3.05) is 0 Å². The Morgan fingerprint density at radius 1 is 1.27 bits per heavy atom. The van der Waals surface area contributed by atoms with E-state index in [1.807, 2.05) is 0 Å². The summed E-state index contributed by atoms with van der Waals surface area (Å²) in [7, 11) is 0. The molecular formula is C20H31F3N2S. The van der Waals surface area contributed by atoms with E-state index in [4.69, 9.17) is 0 Å². The lowest BCUT2D eigenvalue weighted by molar-refractivity contribution is -0.137. The quantitative estimate of drug-likeness (QED) is 0.483. The van der Waals surface area contributed by atoms with Crippen molar-refractivity contribution in [3.05, 3.63) is 28.2 Å². The molecule has 1 unspecified atom stereocenters. The standard InChI is InChI=1S/C20H31F3N2S/c1-3-4-6-11-17(12-16-9-7-5-8-10-16)15(2)24-13-18-14-25-19(26-18)20(21,22)23/h4,6,14-17,24H,3,5,7-13H2,1-2H3/b6-4-/t15-,17?/m0/s1. The highest BCUT2D eigenvalue weighted by molar-refractivity contribution is 7.11. The minimum Gasteiger partial charge on any atom is -0.309 e. The number of hydrogen-bond donors (Lipinski definition) is 1. The number of nitrogens with zero attached hydrogens (tertiary/aromatic N) is 1. The summed E-state index contributed by atoms with van der Waals surface area (Å²) < 4.78 is 38.0. The lowest BCUT2D eigenvalue weighted by atomic mass is 9.79. The Balaban J connectivity index is 1.90. The van der Waals surface area contributed by atoms with Gasteiger partial charge in [-0.1, -0.05) is 51.2 Å². The molecule has 0 spiro atoms. The molecule has 0 saturated heterocycles.